The third-order valence-corrected chi connectivity index (χ3v) is 6.22. The van der Waals surface area contributed by atoms with Gasteiger partial charge in [-0.25, -0.2) is 4.79 Å². The van der Waals surface area contributed by atoms with E-state index < -0.39 is 11.7 Å². The van der Waals surface area contributed by atoms with Gasteiger partial charge in [0, 0.05) is 51.0 Å². The van der Waals surface area contributed by atoms with Crippen LogP contribution in [0.3, 0.4) is 0 Å². The lowest BCUT2D eigenvalue weighted by Crippen LogP contribution is -2.50. The van der Waals surface area contributed by atoms with Crippen LogP contribution in [0.15, 0.2) is 64.2 Å². The van der Waals surface area contributed by atoms with Gasteiger partial charge in [-0.3, -0.25) is 18.8 Å². The molecule has 3 aromatic rings. The van der Waals surface area contributed by atoms with Crippen LogP contribution in [0, 0.1) is 0 Å². The standard InChI is InChI=1S/C23H26ClN5O2/c1-26-21(25)19(22(30)27(2)23(26)31)20(16-7-6-8-17(24)15-16)29-13-11-28(12-14-29)18-9-4-3-5-10-18/h3-10,15,20H,11-14,25H2,1-2H3. The highest BCUT2D eigenvalue weighted by Gasteiger charge is 2.31. The number of aromatic nitrogens is 2. The van der Waals surface area contributed by atoms with Crippen molar-refractivity contribution in [1.82, 2.24) is 14.0 Å². The van der Waals surface area contributed by atoms with Crippen molar-refractivity contribution in [2.45, 2.75) is 6.04 Å². The van der Waals surface area contributed by atoms with Gasteiger partial charge in [0.1, 0.15) is 5.82 Å². The zero-order chi connectivity index (χ0) is 22.1. The fraction of sp³-hybridized carbons (Fsp3) is 0.304. The fourth-order valence-corrected chi connectivity index (χ4v) is 4.46. The van der Waals surface area contributed by atoms with Gasteiger partial charge in [-0.1, -0.05) is 41.9 Å². The Morgan fingerprint density at radius 2 is 1.58 bits per heavy atom. The maximum atomic E-state index is 13.2. The normalized spacial score (nSPS) is 15.8. The van der Waals surface area contributed by atoms with Gasteiger partial charge in [0.25, 0.3) is 5.56 Å². The minimum Gasteiger partial charge on any atom is -0.385 e. The molecule has 0 aliphatic carbocycles. The molecule has 4 rings (SSSR count). The van der Waals surface area contributed by atoms with Crippen molar-refractivity contribution in [2.24, 2.45) is 14.1 Å². The van der Waals surface area contributed by atoms with Crippen molar-refractivity contribution in [3.8, 4) is 0 Å². The first kappa shape index (κ1) is 21.2. The van der Waals surface area contributed by atoms with Crippen molar-refractivity contribution in [2.75, 3.05) is 36.8 Å². The molecule has 162 valence electrons. The second-order valence-electron chi connectivity index (χ2n) is 7.82. The third kappa shape index (κ3) is 3.98. The molecule has 1 atom stereocenters. The van der Waals surface area contributed by atoms with Gasteiger partial charge in [0.05, 0.1) is 11.6 Å². The largest absolute Gasteiger partial charge is 0.385 e. The van der Waals surface area contributed by atoms with E-state index in [1.54, 1.807) is 13.1 Å². The molecule has 1 aliphatic rings. The van der Waals surface area contributed by atoms with Crippen molar-refractivity contribution >= 4 is 23.1 Å². The molecule has 8 heteroatoms. The van der Waals surface area contributed by atoms with E-state index in [4.69, 9.17) is 17.3 Å². The van der Waals surface area contributed by atoms with E-state index in [1.165, 1.54) is 17.3 Å². The first-order chi connectivity index (χ1) is 14.9. The maximum Gasteiger partial charge on any atom is 0.332 e. The number of hydrogen-bond acceptors (Lipinski definition) is 5. The molecular formula is C23H26ClN5O2. The summed E-state index contributed by atoms with van der Waals surface area (Å²) in [5.74, 6) is 0.184. The highest BCUT2D eigenvalue weighted by atomic mass is 35.5. The van der Waals surface area contributed by atoms with Gasteiger partial charge in [-0.15, -0.1) is 0 Å². The third-order valence-electron chi connectivity index (χ3n) is 5.98. The second kappa shape index (κ2) is 8.61. The number of para-hydroxylation sites is 1. The molecule has 1 aliphatic heterocycles. The van der Waals surface area contributed by atoms with E-state index >= 15 is 0 Å². The van der Waals surface area contributed by atoms with Crippen LogP contribution in [0.1, 0.15) is 17.2 Å². The number of halogens is 1. The number of piperazine rings is 1. The van der Waals surface area contributed by atoms with Crippen LogP contribution < -0.4 is 21.9 Å². The Bertz CT molecular complexity index is 1200. The first-order valence-electron chi connectivity index (χ1n) is 10.2. The number of nitrogens with zero attached hydrogens (tertiary/aromatic N) is 4. The molecule has 2 aromatic carbocycles. The van der Waals surface area contributed by atoms with E-state index in [1.807, 2.05) is 36.4 Å². The predicted molar refractivity (Wildman–Crippen MR) is 125 cm³/mol. The Balaban J connectivity index is 1.76. The quantitative estimate of drug-likeness (QED) is 0.674. The lowest BCUT2D eigenvalue weighted by Gasteiger charge is -2.40. The van der Waals surface area contributed by atoms with Gasteiger partial charge in [0.15, 0.2) is 0 Å². The number of benzene rings is 2. The molecule has 7 nitrogen and oxygen atoms in total. The molecule has 31 heavy (non-hydrogen) atoms. The van der Waals surface area contributed by atoms with Gasteiger partial charge >= 0.3 is 5.69 Å². The summed E-state index contributed by atoms with van der Waals surface area (Å²) < 4.78 is 2.44. The maximum absolute atomic E-state index is 13.2. The molecule has 0 spiro atoms. The monoisotopic (exact) mass is 439 g/mol. The minimum atomic E-state index is -0.440. The van der Waals surface area contributed by atoms with Crippen molar-refractivity contribution in [3.05, 3.63) is 91.6 Å². The van der Waals surface area contributed by atoms with Crippen LogP contribution in [0.4, 0.5) is 11.5 Å². The van der Waals surface area contributed by atoms with Gasteiger partial charge in [-0.2, -0.15) is 0 Å². The summed E-state index contributed by atoms with van der Waals surface area (Å²) in [6, 6.07) is 17.4. The molecular weight excluding hydrogens is 414 g/mol. The first-order valence-corrected chi connectivity index (χ1v) is 10.6. The molecule has 2 N–H and O–H groups in total. The van der Waals surface area contributed by atoms with E-state index in [2.05, 4.69) is 21.9 Å². The predicted octanol–water partition coefficient (Wildman–Crippen LogP) is 2.23. The van der Waals surface area contributed by atoms with Crippen molar-refractivity contribution < 1.29 is 0 Å². The van der Waals surface area contributed by atoms with Crippen LogP contribution in [0.5, 0.6) is 0 Å². The molecule has 0 radical (unpaired) electrons. The topological polar surface area (TPSA) is 76.5 Å². The summed E-state index contributed by atoms with van der Waals surface area (Å²) in [4.78, 5) is 30.1. The number of anilines is 2. The summed E-state index contributed by atoms with van der Waals surface area (Å²) in [6.45, 7) is 3.09. The number of hydrogen-bond donors (Lipinski definition) is 1. The summed E-state index contributed by atoms with van der Waals surface area (Å²) in [7, 11) is 3.07. The van der Waals surface area contributed by atoms with Gasteiger partial charge < -0.3 is 10.6 Å². The van der Waals surface area contributed by atoms with Gasteiger partial charge in [-0.05, 0) is 29.8 Å². The van der Waals surface area contributed by atoms with Crippen molar-refractivity contribution in [3.63, 3.8) is 0 Å². The Morgan fingerprint density at radius 3 is 2.23 bits per heavy atom. The lowest BCUT2D eigenvalue weighted by atomic mass is 9.97. The Labute approximate surface area is 185 Å². The van der Waals surface area contributed by atoms with E-state index in [0.29, 0.717) is 10.6 Å². The molecule has 1 unspecified atom stereocenters. The Kier molecular flexibility index (Phi) is 5.89. The van der Waals surface area contributed by atoms with Crippen molar-refractivity contribution in [1.29, 1.82) is 0 Å². The van der Waals surface area contributed by atoms with Crippen LogP contribution in [0.25, 0.3) is 0 Å². The van der Waals surface area contributed by atoms with Gasteiger partial charge in [0.2, 0.25) is 0 Å². The van der Waals surface area contributed by atoms with E-state index in [-0.39, 0.29) is 11.4 Å². The minimum absolute atomic E-state index is 0.184. The SMILES string of the molecule is Cn1c(N)c(C(c2cccc(Cl)c2)N2CCN(c3ccccc3)CC2)c(=O)n(C)c1=O. The highest BCUT2D eigenvalue weighted by Crippen LogP contribution is 2.32. The molecule has 0 saturated carbocycles. The molecule has 1 fully saturated rings. The molecule has 2 heterocycles. The highest BCUT2D eigenvalue weighted by molar-refractivity contribution is 6.30. The average Bonchev–Trinajstić information content (AvgIpc) is 2.80. The molecule has 1 saturated heterocycles. The zero-order valence-electron chi connectivity index (χ0n) is 17.7. The average molecular weight is 440 g/mol. The smallest absolute Gasteiger partial charge is 0.332 e. The number of nitrogen functional groups attached to an aromatic ring is 1. The number of nitrogens with two attached hydrogens (primary N) is 1. The zero-order valence-corrected chi connectivity index (χ0v) is 18.4. The Morgan fingerprint density at radius 1 is 0.903 bits per heavy atom. The van der Waals surface area contributed by atoms with Crippen LogP contribution in [-0.4, -0.2) is 40.2 Å². The molecule has 1 aromatic heterocycles. The van der Waals surface area contributed by atoms with Crippen LogP contribution in [-0.2, 0) is 14.1 Å². The second-order valence-corrected chi connectivity index (χ2v) is 8.26. The summed E-state index contributed by atoms with van der Waals surface area (Å²) in [5.41, 5.74) is 7.98. The summed E-state index contributed by atoms with van der Waals surface area (Å²) in [5, 5.41) is 0.589. The number of rotatable bonds is 4. The Hall–Kier alpha value is -3.03. The molecule has 0 amide bonds. The van der Waals surface area contributed by atoms with E-state index in [9.17, 15) is 9.59 Å². The fourth-order valence-electron chi connectivity index (χ4n) is 4.26. The van der Waals surface area contributed by atoms with Crippen LogP contribution >= 0.6 is 11.6 Å². The molecule has 0 bridgehead atoms. The summed E-state index contributed by atoms with van der Waals surface area (Å²) in [6.07, 6.45) is 0. The summed E-state index contributed by atoms with van der Waals surface area (Å²) >= 11 is 6.29. The van der Waals surface area contributed by atoms with Crippen LogP contribution in [0.2, 0.25) is 5.02 Å². The van der Waals surface area contributed by atoms with E-state index in [0.717, 1.165) is 36.3 Å². The lowest BCUT2D eigenvalue weighted by molar-refractivity contribution is 0.210.